The molecule has 2 heterocycles. The lowest BCUT2D eigenvalue weighted by Gasteiger charge is -2.23. The highest BCUT2D eigenvalue weighted by atomic mass is 32.1. The fourth-order valence-electron chi connectivity index (χ4n) is 2.47. The van der Waals surface area contributed by atoms with E-state index in [9.17, 15) is 4.79 Å². The van der Waals surface area contributed by atoms with Crippen LogP contribution in [0.2, 0.25) is 0 Å². The number of ether oxygens (including phenoxy) is 1. The molecule has 1 unspecified atom stereocenters. The number of nitrogens with zero attached hydrogens (tertiary/aromatic N) is 2. The van der Waals surface area contributed by atoms with Crippen molar-refractivity contribution in [3.63, 3.8) is 0 Å². The average molecular weight is 304 g/mol. The van der Waals surface area contributed by atoms with Crippen LogP contribution < -0.4 is 15.4 Å². The van der Waals surface area contributed by atoms with Gasteiger partial charge in [0.15, 0.2) is 0 Å². The minimum absolute atomic E-state index is 0.0729. The zero-order chi connectivity index (χ0) is 14.7. The number of hydrogen-bond acceptors (Lipinski definition) is 5. The molecule has 2 aromatic rings. The Morgan fingerprint density at radius 3 is 3.24 bits per heavy atom. The molecular formula is C14H16N4O2S. The number of carbonyl (C=O) groups excluding carboxylic acids is 1. The summed E-state index contributed by atoms with van der Waals surface area (Å²) in [6, 6.07) is 3.48. The van der Waals surface area contributed by atoms with Gasteiger partial charge in [0.1, 0.15) is 12.1 Å². The maximum absolute atomic E-state index is 12.1. The molecule has 1 aliphatic rings. The van der Waals surface area contributed by atoms with Gasteiger partial charge in [0, 0.05) is 10.9 Å². The van der Waals surface area contributed by atoms with Crippen molar-refractivity contribution in [2.24, 2.45) is 0 Å². The molecule has 0 saturated carbocycles. The smallest absolute Gasteiger partial charge is 0.320 e. The van der Waals surface area contributed by atoms with Gasteiger partial charge in [-0.15, -0.1) is 11.3 Å². The van der Waals surface area contributed by atoms with E-state index in [2.05, 4.69) is 32.0 Å². The van der Waals surface area contributed by atoms with Gasteiger partial charge in [-0.2, -0.15) is 0 Å². The normalized spacial score (nSPS) is 16.9. The molecule has 2 N–H and O–H groups in total. The second-order valence-electron chi connectivity index (χ2n) is 4.79. The molecule has 0 spiro atoms. The highest BCUT2D eigenvalue weighted by Gasteiger charge is 2.22. The maximum atomic E-state index is 12.1. The first kappa shape index (κ1) is 13.8. The number of carbonyl (C=O) groups is 1. The van der Waals surface area contributed by atoms with Crippen molar-refractivity contribution in [1.29, 1.82) is 0 Å². The van der Waals surface area contributed by atoms with Gasteiger partial charge in [0.25, 0.3) is 0 Å². The maximum Gasteiger partial charge on any atom is 0.320 e. The number of amides is 2. The second-order valence-corrected chi connectivity index (χ2v) is 5.79. The molecule has 110 valence electrons. The highest BCUT2D eigenvalue weighted by Crippen LogP contribution is 2.33. The van der Waals surface area contributed by atoms with E-state index in [0.29, 0.717) is 11.7 Å². The number of fused-ring (bicyclic) bond motifs is 1. The van der Waals surface area contributed by atoms with Gasteiger partial charge in [0.2, 0.25) is 5.88 Å². The van der Waals surface area contributed by atoms with Gasteiger partial charge in [-0.25, -0.2) is 14.8 Å². The van der Waals surface area contributed by atoms with Gasteiger partial charge in [-0.05, 0) is 36.3 Å². The first-order valence-electron chi connectivity index (χ1n) is 6.76. The Balaban J connectivity index is 1.65. The first-order chi connectivity index (χ1) is 10.3. The minimum Gasteiger partial charge on any atom is -0.481 e. The summed E-state index contributed by atoms with van der Waals surface area (Å²) in [5.41, 5.74) is 1.24. The van der Waals surface area contributed by atoms with Crippen LogP contribution in [0, 0.1) is 0 Å². The first-order valence-corrected chi connectivity index (χ1v) is 7.64. The van der Waals surface area contributed by atoms with Crippen LogP contribution >= 0.6 is 11.3 Å². The quantitative estimate of drug-likeness (QED) is 0.914. The van der Waals surface area contributed by atoms with Crippen LogP contribution in [0.3, 0.4) is 0 Å². The largest absolute Gasteiger partial charge is 0.481 e. The summed E-state index contributed by atoms with van der Waals surface area (Å²) in [6.07, 6.45) is 4.52. The standard InChI is InChI=1S/C14H16N4O2S/c1-20-13-7-12(15-8-16-13)18-14(19)17-10-3-2-4-11-9(10)5-6-21-11/h5-8,10H,2-4H2,1H3,(H2,15,16,17,18,19). The van der Waals surface area contributed by atoms with E-state index in [-0.39, 0.29) is 12.1 Å². The summed E-state index contributed by atoms with van der Waals surface area (Å²) in [5, 5.41) is 7.79. The lowest BCUT2D eigenvalue weighted by molar-refractivity contribution is 0.247. The molecule has 0 bridgehead atoms. The average Bonchev–Trinajstić information content (AvgIpc) is 2.97. The molecule has 2 aromatic heterocycles. The fourth-order valence-corrected chi connectivity index (χ4v) is 3.45. The van der Waals surface area contributed by atoms with Crippen LogP contribution in [0.5, 0.6) is 5.88 Å². The van der Waals surface area contributed by atoms with Crippen LogP contribution in [-0.2, 0) is 6.42 Å². The number of rotatable bonds is 3. The third kappa shape index (κ3) is 3.13. The van der Waals surface area contributed by atoms with E-state index in [1.54, 1.807) is 17.4 Å². The lowest BCUT2D eigenvalue weighted by Crippen LogP contribution is -2.34. The summed E-state index contributed by atoms with van der Waals surface area (Å²) in [6.45, 7) is 0. The van der Waals surface area contributed by atoms with Gasteiger partial charge < -0.3 is 10.1 Å². The van der Waals surface area contributed by atoms with Crippen molar-refractivity contribution in [3.05, 3.63) is 34.3 Å². The molecule has 1 aliphatic carbocycles. The number of thiophene rings is 1. The second kappa shape index (κ2) is 6.09. The number of nitrogens with one attached hydrogen (secondary N) is 2. The van der Waals surface area contributed by atoms with E-state index < -0.39 is 0 Å². The summed E-state index contributed by atoms with van der Waals surface area (Å²) < 4.78 is 5.00. The van der Waals surface area contributed by atoms with Crippen molar-refractivity contribution in [3.8, 4) is 5.88 Å². The Morgan fingerprint density at radius 2 is 2.38 bits per heavy atom. The predicted molar refractivity (Wildman–Crippen MR) is 80.7 cm³/mol. The van der Waals surface area contributed by atoms with Gasteiger partial charge in [0.05, 0.1) is 13.2 Å². The Morgan fingerprint density at radius 1 is 1.48 bits per heavy atom. The topological polar surface area (TPSA) is 76.1 Å². The molecule has 6 nitrogen and oxygen atoms in total. The molecule has 21 heavy (non-hydrogen) atoms. The van der Waals surface area contributed by atoms with Crippen molar-refractivity contribution in [2.45, 2.75) is 25.3 Å². The lowest BCUT2D eigenvalue weighted by atomic mass is 9.94. The molecule has 3 rings (SSSR count). The van der Waals surface area contributed by atoms with E-state index in [0.717, 1.165) is 19.3 Å². The molecule has 0 aromatic carbocycles. The van der Waals surface area contributed by atoms with Crippen LogP contribution in [0.15, 0.2) is 23.8 Å². The third-order valence-corrected chi connectivity index (χ3v) is 4.45. The van der Waals surface area contributed by atoms with Crippen LogP contribution in [0.4, 0.5) is 10.6 Å². The number of hydrogen-bond donors (Lipinski definition) is 2. The zero-order valence-corrected chi connectivity index (χ0v) is 12.4. The number of anilines is 1. The van der Waals surface area contributed by atoms with Crippen LogP contribution in [0.25, 0.3) is 0 Å². The Kier molecular flexibility index (Phi) is 4.01. The molecule has 1 atom stereocenters. The summed E-state index contributed by atoms with van der Waals surface area (Å²) in [5.74, 6) is 0.832. The van der Waals surface area contributed by atoms with Crippen molar-refractivity contribution in [2.75, 3.05) is 12.4 Å². The van der Waals surface area contributed by atoms with Crippen molar-refractivity contribution in [1.82, 2.24) is 15.3 Å². The van der Waals surface area contributed by atoms with Gasteiger partial charge in [-0.1, -0.05) is 0 Å². The molecule has 2 amide bonds. The highest BCUT2D eigenvalue weighted by molar-refractivity contribution is 7.10. The minimum atomic E-state index is -0.264. The molecule has 0 saturated heterocycles. The molecule has 7 heteroatoms. The number of aromatic nitrogens is 2. The monoisotopic (exact) mass is 304 g/mol. The molecular weight excluding hydrogens is 288 g/mol. The van der Waals surface area contributed by atoms with E-state index in [1.807, 2.05) is 0 Å². The van der Waals surface area contributed by atoms with E-state index >= 15 is 0 Å². The Hall–Kier alpha value is -2.15. The van der Waals surface area contributed by atoms with E-state index in [1.165, 1.54) is 23.9 Å². The van der Waals surface area contributed by atoms with Gasteiger partial charge in [-0.3, -0.25) is 5.32 Å². The molecule has 0 fully saturated rings. The van der Waals surface area contributed by atoms with E-state index in [4.69, 9.17) is 4.74 Å². The Bertz CT molecular complexity index is 643. The summed E-state index contributed by atoms with van der Waals surface area (Å²) in [7, 11) is 1.52. The van der Waals surface area contributed by atoms with Crippen molar-refractivity contribution >= 4 is 23.2 Å². The van der Waals surface area contributed by atoms with Crippen molar-refractivity contribution < 1.29 is 9.53 Å². The predicted octanol–water partition coefficient (Wildman–Crippen LogP) is 2.75. The summed E-state index contributed by atoms with van der Waals surface area (Å²) in [4.78, 5) is 21.4. The zero-order valence-electron chi connectivity index (χ0n) is 11.6. The van der Waals surface area contributed by atoms with Crippen LogP contribution in [0.1, 0.15) is 29.3 Å². The molecule has 0 radical (unpaired) electrons. The third-order valence-electron chi connectivity index (χ3n) is 3.45. The number of urea groups is 1. The van der Waals surface area contributed by atoms with Crippen LogP contribution in [-0.4, -0.2) is 23.1 Å². The number of aryl methyl sites for hydroxylation is 1. The summed E-state index contributed by atoms with van der Waals surface area (Å²) >= 11 is 1.76. The Labute approximate surface area is 126 Å². The fraction of sp³-hybridized carbons (Fsp3) is 0.357. The SMILES string of the molecule is COc1cc(NC(=O)NC2CCCc3sccc32)ncn1. The molecule has 0 aliphatic heterocycles. The van der Waals surface area contributed by atoms with Gasteiger partial charge >= 0.3 is 6.03 Å². The number of methoxy groups -OCH3 is 1.